The van der Waals surface area contributed by atoms with E-state index in [1.807, 2.05) is 7.05 Å². The molecule has 2 aromatic rings. The van der Waals surface area contributed by atoms with Crippen molar-refractivity contribution >= 4 is 10.0 Å². The molecule has 3 heterocycles. The van der Waals surface area contributed by atoms with Crippen LogP contribution in [0.25, 0.3) is 11.6 Å². The maximum absolute atomic E-state index is 11.8. The van der Waals surface area contributed by atoms with Crippen molar-refractivity contribution < 1.29 is 12.9 Å². The van der Waals surface area contributed by atoms with Crippen LogP contribution in [0.3, 0.4) is 0 Å². The molecule has 0 unspecified atom stereocenters. The summed E-state index contributed by atoms with van der Waals surface area (Å²) in [6, 6.07) is 0. The van der Waals surface area contributed by atoms with Crippen LogP contribution in [0.5, 0.6) is 0 Å². The second-order valence-electron chi connectivity index (χ2n) is 5.98. The normalized spacial score (nSPS) is 19.4. The van der Waals surface area contributed by atoms with Crippen LogP contribution in [-0.4, -0.2) is 45.4 Å². The van der Waals surface area contributed by atoms with Crippen molar-refractivity contribution in [3.05, 3.63) is 17.1 Å². The van der Waals surface area contributed by atoms with Crippen molar-refractivity contribution in [1.82, 2.24) is 24.2 Å². The number of aromatic nitrogens is 4. The number of fused-ring (bicyclic) bond motifs is 1. The van der Waals surface area contributed by atoms with Gasteiger partial charge in [0.1, 0.15) is 0 Å². The van der Waals surface area contributed by atoms with Gasteiger partial charge in [0.25, 0.3) is 5.89 Å². The standard InChI is InChI=1S/C13H17N5O3S/c1-17-10-5-6-18(22(2,19)20)7-9(10)11(15-17)13-14-12(16-21-13)8-3-4-8/h8H,3-7H2,1-2H3. The number of hydrogen-bond donors (Lipinski definition) is 0. The number of nitrogens with zero attached hydrogens (tertiary/aromatic N) is 5. The predicted molar refractivity (Wildman–Crippen MR) is 77.4 cm³/mol. The zero-order valence-electron chi connectivity index (χ0n) is 12.5. The molecule has 1 aliphatic carbocycles. The number of hydrogen-bond acceptors (Lipinski definition) is 6. The van der Waals surface area contributed by atoms with E-state index in [4.69, 9.17) is 4.52 Å². The Hall–Kier alpha value is -1.74. The summed E-state index contributed by atoms with van der Waals surface area (Å²) in [7, 11) is -1.37. The molecule has 0 N–H and O–H groups in total. The summed E-state index contributed by atoms with van der Waals surface area (Å²) in [5, 5.41) is 8.48. The van der Waals surface area contributed by atoms with Gasteiger partial charge in [0, 0.05) is 43.7 Å². The van der Waals surface area contributed by atoms with E-state index in [-0.39, 0.29) is 0 Å². The van der Waals surface area contributed by atoms with Crippen LogP contribution in [0, 0.1) is 0 Å². The molecule has 1 fully saturated rings. The van der Waals surface area contributed by atoms with Gasteiger partial charge >= 0.3 is 0 Å². The average Bonchev–Trinajstić information content (AvgIpc) is 3.11. The molecule has 118 valence electrons. The first-order chi connectivity index (χ1) is 10.4. The lowest BCUT2D eigenvalue weighted by molar-refractivity contribution is 0.388. The van der Waals surface area contributed by atoms with Crippen LogP contribution in [0.2, 0.25) is 0 Å². The molecule has 22 heavy (non-hydrogen) atoms. The molecule has 0 saturated heterocycles. The van der Waals surface area contributed by atoms with Gasteiger partial charge < -0.3 is 4.52 Å². The van der Waals surface area contributed by atoms with Crippen molar-refractivity contribution in [2.45, 2.75) is 31.7 Å². The van der Waals surface area contributed by atoms with Crippen molar-refractivity contribution in [3.63, 3.8) is 0 Å². The van der Waals surface area contributed by atoms with Gasteiger partial charge in [-0.25, -0.2) is 8.42 Å². The largest absolute Gasteiger partial charge is 0.332 e. The quantitative estimate of drug-likeness (QED) is 0.824. The first kappa shape index (κ1) is 13.9. The Bertz CT molecular complexity index is 834. The maximum atomic E-state index is 11.8. The Morgan fingerprint density at radius 1 is 1.32 bits per heavy atom. The third-order valence-electron chi connectivity index (χ3n) is 4.26. The average molecular weight is 323 g/mol. The van der Waals surface area contributed by atoms with Gasteiger partial charge in [-0.15, -0.1) is 0 Å². The molecule has 2 aromatic heterocycles. The van der Waals surface area contributed by atoms with Gasteiger partial charge in [-0.3, -0.25) is 4.68 Å². The molecule has 1 saturated carbocycles. The second kappa shape index (κ2) is 4.63. The molecule has 0 atom stereocenters. The van der Waals surface area contributed by atoms with Crippen molar-refractivity contribution in [3.8, 4) is 11.6 Å². The first-order valence-electron chi connectivity index (χ1n) is 7.27. The Morgan fingerprint density at radius 2 is 2.09 bits per heavy atom. The highest BCUT2D eigenvalue weighted by Gasteiger charge is 2.33. The van der Waals surface area contributed by atoms with Gasteiger partial charge in [-0.2, -0.15) is 14.4 Å². The smallest absolute Gasteiger partial charge is 0.278 e. The fourth-order valence-electron chi connectivity index (χ4n) is 2.86. The van der Waals surface area contributed by atoms with Crippen LogP contribution in [-0.2, 0) is 30.0 Å². The van der Waals surface area contributed by atoms with E-state index in [1.54, 1.807) is 4.68 Å². The number of aryl methyl sites for hydroxylation is 1. The highest BCUT2D eigenvalue weighted by atomic mass is 32.2. The highest BCUT2D eigenvalue weighted by molar-refractivity contribution is 7.88. The molecule has 0 aromatic carbocycles. The Morgan fingerprint density at radius 3 is 2.77 bits per heavy atom. The van der Waals surface area contributed by atoms with E-state index in [0.29, 0.717) is 37.0 Å². The number of rotatable bonds is 3. The predicted octanol–water partition coefficient (Wildman–Crippen LogP) is 0.665. The summed E-state index contributed by atoms with van der Waals surface area (Å²) < 4.78 is 32.2. The summed E-state index contributed by atoms with van der Waals surface area (Å²) in [5.74, 6) is 1.52. The van der Waals surface area contributed by atoms with Crippen LogP contribution < -0.4 is 0 Å². The molecular formula is C13H17N5O3S. The summed E-state index contributed by atoms with van der Waals surface area (Å²) >= 11 is 0. The van der Waals surface area contributed by atoms with Gasteiger partial charge in [0.15, 0.2) is 11.5 Å². The molecule has 0 radical (unpaired) electrons. The van der Waals surface area contributed by atoms with Crippen LogP contribution >= 0.6 is 0 Å². The zero-order valence-corrected chi connectivity index (χ0v) is 13.3. The third kappa shape index (κ3) is 2.24. The van der Waals surface area contributed by atoms with Crippen molar-refractivity contribution in [2.75, 3.05) is 12.8 Å². The minimum Gasteiger partial charge on any atom is -0.332 e. The van der Waals surface area contributed by atoms with E-state index < -0.39 is 10.0 Å². The zero-order chi connectivity index (χ0) is 15.5. The van der Waals surface area contributed by atoms with Crippen LogP contribution in [0.1, 0.15) is 35.8 Å². The minimum atomic E-state index is -3.23. The molecule has 0 amide bonds. The summed E-state index contributed by atoms with van der Waals surface area (Å²) in [6.07, 6.45) is 4.06. The van der Waals surface area contributed by atoms with E-state index in [0.717, 1.165) is 29.9 Å². The second-order valence-corrected chi connectivity index (χ2v) is 7.96. The topological polar surface area (TPSA) is 94.1 Å². The monoisotopic (exact) mass is 323 g/mol. The molecule has 4 rings (SSSR count). The molecule has 9 heteroatoms. The molecule has 0 bridgehead atoms. The molecule has 8 nitrogen and oxygen atoms in total. The molecule has 2 aliphatic rings. The minimum absolute atomic E-state index is 0.304. The van der Waals surface area contributed by atoms with E-state index in [9.17, 15) is 8.42 Å². The lowest BCUT2D eigenvalue weighted by atomic mass is 10.1. The molecule has 0 spiro atoms. The summed E-state index contributed by atoms with van der Waals surface area (Å²) in [4.78, 5) is 4.43. The van der Waals surface area contributed by atoms with Gasteiger partial charge in [0.2, 0.25) is 10.0 Å². The van der Waals surface area contributed by atoms with Crippen molar-refractivity contribution in [2.24, 2.45) is 7.05 Å². The third-order valence-corrected chi connectivity index (χ3v) is 5.51. The van der Waals surface area contributed by atoms with Crippen LogP contribution in [0.15, 0.2) is 4.52 Å². The van der Waals surface area contributed by atoms with Gasteiger partial charge in [0.05, 0.1) is 6.26 Å². The Balaban J connectivity index is 1.74. The van der Waals surface area contributed by atoms with E-state index >= 15 is 0 Å². The SMILES string of the molecule is Cn1nc(-c2nc(C3CC3)no2)c2c1CCN(S(C)(=O)=O)C2. The lowest BCUT2D eigenvalue weighted by Crippen LogP contribution is -2.35. The summed E-state index contributed by atoms with van der Waals surface area (Å²) in [6.45, 7) is 0.778. The fraction of sp³-hybridized carbons (Fsp3) is 0.615. The fourth-order valence-corrected chi connectivity index (χ4v) is 3.65. The van der Waals surface area contributed by atoms with Crippen LogP contribution in [0.4, 0.5) is 0 Å². The Kier molecular flexibility index (Phi) is 2.92. The maximum Gasteiger partial charge on any atom is 0.278 e. The number of sulfonamides is 1. The summed E-state index contributed by atoms with van der Waals surface area (Å²) in [5.41, 5.74) is 2.50. The van der Waals surface area contributed by atoms with Crippen molar-refractivity contribution in [1.29, 1.82) is 0 Å². The van der Waals surface area contributed by atoms with Gasteiger partial charge in [-0.1, -0.05) is 5.16 Å². The van der Waals surface area contributed by atoms with E-state index in [1.165, 1.54) is 10.6 Å². The Labute approximate surface area is 128 Å². The highest BCUT2D eigenvalue weighted by Crippen LogP contribution is 2.39. The lowest BCUT2D eigenvalue weighted by Gasteiger charge is -2.24. The molecular weight excluding hydrogens is 306 g/mol. The first-order valence-corrected chi connectivity index (χ1v) is 9.12. The van der Waals surface area contributed by atoms with Gasteiger partial charge in [-0.05, 0) is 12.8 Å². The molecule has 1 aliphatic heterocycles. The van der Waals surface area contributed by atoms with E-state index in [2.05, 4.69) is 15.2 Å².